The molecule has 132 valence electrons. The quantitative estimate of drug-likeness (QED) is 0.817. The van der Waals surface area contributed by atoms with Gasteiger partial charge in [0.1, 0.15) is 18.5 Å². The number of hydrogen-bond acceptors (Lipinski definition) is 6. The summed E-state index contributed by atoms with van der Waals surface area (Å²) >= 11 is 0. The SMILES string of the molecule is Cn1cnc(C(=O)N2C[C@H](OCc3ccccn3)[C@H]3OCCC[C@H]32)n1. The molecule has 2 aromatic heterocycles. The number of aromatic nitrogens is 4. The molecule has 3 atom stereocenters. The van der Waals surface area contributed by atoms with Crippen LogP contribution in [0.5, 0.6) is 0 Å². The van der Waals surface area contributed by atoms with Gasteiger partial charge in [0, 0.05) is 19.9 Å². The van der Waals surface area contributed by atoms with E-state index in [1.54, 1.807) is 13.2 Å². The van der Waals surface area contributed by atoms with Crippen molar-refractivity contribution in [1.82, 2.24) is 24.6 Å². The van der Waals surface area contributed by atoms with Crippen LogP contribution in [0.15, 0.2) is 30.7 Å². The van der Waals surface area contributed by atoms with Crippen LogP contribution in [-0.4, -0.2) is 62.0 Å². The van der Waals surface area contributed by atoms with Crippen LogP contribution < -0.4 is 0 Å². The lowest BCUT2D eigenvalue weighted by Gasteiger charge is -2.31. The number of ether oxygens (including phenoxy) is 2. The number of pyridine rings is 1. The number of nitrogens with zero attached hydrogens (tertiary/aromatic N) is 5. The maximum Gasteiger partial charge on any atom is 0.293 e. The number of aryl methyl sites for hydroxylation is 1. The van der Waals surface area contributed by atoms with Crippen LogP contribution in [-0.2, 0) is 23.1 Å². The molecule has 1 amide bonds. The van der Waals surface area contributed by atoms with Gasteiger partial charge in [-0.2, -0.15) is 0 Å². The van der Waals surface area contributed by atoms with Crippen molar-refractivity contribution in [3.8, 4) is 0 Å². The number of carbonyl (C=O) groups excluding carboxylic acids is 1. The zero-order valence-electron chi connectivity index (χ0n) is 14.1. The summed E-state index contributed by atoms with van der Waals surface area (Å²) in [5.41, 5.74) is 0.867. The van der Waals surface area contributed by atoms with E-state index < -0.39 is 0 Å². The smallest absolute Gasteiger partial charge is 0.293 e. The number of likely N-dealkylation sites (tertiary alicyclic amines) is 1. The molecule has 0 bridgehead atoms. The molecule has 0 aromatic carbocycles. The third-order valence-electron chi connectivity index (χ3n) is 4.70. The summed E-state index contributed by atoms with van der Waals surface area (Å²) in [6, 6.07) is 5.75. The topological polar surface area (TPSA) is 82.4 Å². The van der Waals surface area contributed by atoms with E-state index in [0.29, 0.717) is 19.8 Å². The molecular weight excluding hydrogens is 322 g/mol. The number of amides is 1. The molecule has 25 heavy (non-hydrogen) atoms. The zero-order valence-corrected chi connectivity index (χ0v) is 14.1. The Bertz CT molecular complexity index is 735. The summed E-state index contributed by atoms with van der Waals surface area (Å²) in [4.78, 5) is 23.0. The van der Waals surface area contributed by atoms with Crippen molar-refractivity contribution in [2.24, 2.45) is 7.05 Å². The lowest BCUT2D eigenvalue weighted by molar-refractivity contribution is -0.0814. The van der Waals surface area contributed by atoms with Gasteiger partial charge in [-0.25, -0.2) is 4.98 Å². The van der Waals surface area contributed by atoms with Gasteiger partial charge in [0.15, 0.2) is 0 Å². The predicted molar refractivity (Wildman–Crippen MR) is 87.6 cm³/mol. The van der Waals surface area contributed by atoms with Crippen LogP contribution in [0.25, 0.3) is 0 Å². The molecule has 0 N–H and O–H groups in total. The van der Waals surface area contributed by atoms with Gasteiger partial charge >= 0.3 is 0 Å². The summed E-state index contributed by atoms with van der Waals surface area (Å²) in [5, 5.41) is 4.13. The van der Waals surface area contributed by atoms with Gasteiger partial charge in [-0.3, -0.25) is 14.5 Å². The van der Waals surface area contributed by atoms with Crippen molar-refractivity contribution in [2.45, 2.75) is 37.7 Å². The highest BCUT2D eigenvalue weighted by molar-refractivity contribution is 5.91. The molecule has 2 aliphatic heterocycles. The van der Waals surface area contributed by atoms with Crippen molar-refractivity contribution < 1.29 is 14.3 Å². The van der Waals surface area contributed by atoms with E-state index in [0.717, 1.165) is 18.5 Å². The van der Waals surface area contributed by atoms with Crippen LogP contribution in [0.4, 0.5) is 0 Å². The minimum atomic E-state index is -0.167. The summed E-state index contributed by atoms with van der Waals surface area (Å²) in [5.74, 6) is 0.0576. The van der Waals surface area contributed by atoms with Gasteiger partial charge in [0.25, 0.3) is 5.91 Å². The fourth-order valence-corrected chi connectivity index (χ4v) is 3.53. The third kappa shape index (κ3) is 3.27. The molecule has 2 fully saturated rings. The molecule has 0 aliphatic carbocycles. The molecule has 0 saturated carbocycles. The van der Waals surface area contributed by atoms with Gasteiger partial charge in [-0.15, -0.1) is 5.10 Å². The average molecular weight is 343 g/mol. The Hall–Kier alpha value is -2.32. The lowest BCUT2D eigenvalue weighted by atomic mass is 10.0. The molecule has 2 aliphatic rings. The van der Waals surface area contributed by atoms with E-state index in [1.165, 1.54) is 11.0 Å². The maximum atomic E-state index is 12.8. The van der Waals surface area contributed by atoms with Crippen LogP contribution in [0, 0.1) is 0 Å². The molecule has 4 rings (SSSR count). The molecular formula is C17H21N5O3. The largest absolute Gasteiger partial charge is 0.373 e. The summed E-state index contributed by atoms with van der Waals surface area (Å²) in [7, 11) is 1.75. The first-order chi connectivity index (χ1) is 12.2. The van der Waals surface area contributed by atoms with Crippen molar-refractivity contribution in [3.63, 3.8) is 0 Å². The Morgan fingerprint density at radius 1 is 1.40 bits per heavy atom. The first-order valence-corrected chi connectivity index (χ1v) is 8.52. The first-order valence-electron chi connectivity index (χ1n) is 8.52. The van der Waals surface area contributed by atoms with Gasteiger partial charge in [0.2, 0.25) is 5.82 Å². The predicted octanol–water partition coefficient (Wildman–Crippen LogP) is 0.799. The second-order valence-electron chi connectivity index (χ2n) is 6.41. The van der Waals surface area contributed by atoms with Crippen molar-refractivity contribution in [1.29, 1.82) is 0 Å². The highest BCUT2D eigenvalue weighted by Crippen LogP contribution is 2.31. The van der Waals surface area contributed by atoms with E-state index in [4.69, 9.17) is 9.47 Å². The van der Waals surface area contributed by atoms with E-state index in [2.05, 4.69) is 15.1 Å². The highest BCUT2D eigenvalue weighted by atomic mass is 16.5. The highest BCUT2D eigenvalue weighted by Gasteiger charge is 2.47. The molecule has 8 nitrogen and oxygen atoms in total. The second kappa shape index (κ2) is 6.89. The molecule has 4 heterocycles. The monoisotopic (exact) mass is 343 g/mol. The third-order valence-corrected chi connectivity index (χ3v) is 4.70. The van der Waals surface area contributed by atoms with Crippen molar-refractivity contribution in [2.75, 3.05) is 13.2 Å². The normalized spacial score (nSPS) is 25.8. The molecule has 0 spiro atoms. The Balaban J connectivity index is 1.48. The first kappa shape index (κ1) is 16.2. The van der Waals surface area contributed by atoms with Gasteiger partial charge < -0.3 is 14.4 Å². The Morgan fingerprint density at radius 2 is 2.32 bits per heavy atom. The second-order valence-corrected chi connectivity index (χ2v) is 6.41. The van der Waals surface area contributed by atoms with E-state index in [-0.39, 0.29) is 30.0 Å². The maximum absolute atomic E-state index is 12.8. The fraction of sp³-hybridized carbons (Fsp3) is 0.529. The van der Waals surface area contributed by atoms with Crippen LogP contribution >= 0.6 is 0 Å². The molecule has 8 heteroatoms. The van der Waals surface area contributed by atoms with Crippen molar-refractivity contribution >= 4 is 5.91 Å². The van der Waals surface area contributed by atoms with Crippen molar-refractivity contribution in [3.05, 3.63) is 42.2 Å². The lowest BCUT2D eigenvalue weighted by Crippen LogP contribution is -2.44. The number of carbonyl (C=O) groups is 1. The van der Waals surface area contributed by atoms with Crippen LogP contribution in [0.1, 0.15) is 29.2 Å². The van der Waals surface area contributed by atoms with E-state index in [9.17, 15) is 4.79 Å². The summed E-state index contributed by atoms with van der Waals surface area (Å²) < 4.78 is 13.5. The van der Waals surface area contributed by atoms with Gasteiger partial charge in [-0.05, 0) is 25.0 Å². The summed E-state index contributed by atoms with van der Waals surface area (Å²) in [6.07, 6.45) is 4.86. The molecule has 0 radical (unpaired) electrons. The minimum absolute atomic E-state index is 0.0128. The minimum Gasteiger partial charge on any atom is -0.373 e. The van der Waals surface area contributed by atoms with Gasteiger partial charge in [-0.1, -0.05) is 6.07 Å². The number of fused-ring (bicyclic) bond motifs is 1. The Kier molecular flexibility index (Phi) is 4.46. The molecule has 2 saturated heterocycles. The molecule has 0 unspecified atom stereocenters. The Labute approximate surface area is 145 Å². The van der Waals surface area contributed by atoms with E-state index >= 15 is 0 Å². The zero-order chi connectivity index (χ0) is 17.2. The average Bonchev–Trinajstić information content (AvgIpc) is 3.24. The standard InChI is InChI=1S/C17H21N5O3/c1-21-11-19-16(20-21)17(23)22-9-14(15-13(22)6-4-8-24-15)25-10-12-5-2-3-7-18-12/h2-3,5,7,11,13-15H,4,6,8-10H2,1H3/t13-,14+,15+/m1/s1. The van der Waals surface area contributed by atoms with Crippen LogP contribution in [0.3, 0.4) is 0 Å². The summed E-state index contributed by atoms with van der Waals surface area (Å²) in [6.45, 7) is 1.59. The van der Waals surface area contributed by atoms with Gasteiger partial charge in [0.05, 0.1) is 24.9 Å². The molecule has 2 aromatic rings. The number of rotatable bonds is 4. The fourth-order valence-electron chi connectivity index (χ4n) is 3.53. The Morgan fingerprint density at radius 3 is 3.08 bits per heavy atom. The number of hydrogen-bond donors (Lipinski definition) is 0. The van der Waals surface area contributed by atoms with Crippen LogP contribution in [0.2, 0.25) is 0 Å². The van der Waals surface area contributed by atoms with E-state index in [1.807, 2.05) is 23.1 Å².